The van der Waals surface area contributed by atoms with Gasteiger partial charge in [-0.15, -0.1) is 10.2 Å². The van der Waals surface area contributed by atoms with E-state index in [2.05, 4.69) is 26.2 Å². The highest BCUT2D eigenvalue weighted by molar-refractivity contribution is 7.99. The number of furan rings is 1. The number of para-hydroxylation sites is 3. The van der Waals surface area contributed by atoms with E-state index in [9.17, 15) is 10.4 Å². The van der Waals surface area contributed by atoms with Gasteiger partial charge in [-0.25, -0.2) is 4.98 Å². The number of aromatic nitrogens is 5. The summed E-state index contributed by atoms with van der Waals surface area (Å²) < 4.78 is 7.37. The molecule has 0 fully saturated rings. The lowest BCUT2D eigenvalue weighted by Gasteiger charge is -2.09. The maximum atomic E-state index is 10.7. The molecule has 3 heterocycles. The predicted octanol–water partition coefficient (Wildman–Crippen LogP) is 4.99. The molecule has 8 nitrogen and oxygen atoms in total. The number of H-pyrrole nitrogens is 1. The van der Waals surface area contributed by atoms with Gasteiger partial charge < -0.3 is 14.5 Å². The van der Waals surface area contributed by atoms with Gasteiger partial charge in [-0.3, -0.25) is 4.57 Å². The fraction of sp³-hybridized carbons (Fsp3) is 0.0435. The minimum Gasteiger partial charge on any atom is -0.510 e. The Morgan fingerprint density at radius 3 is 2.62 bits per heavy atom. The summed E-state index contributed by atoms with van der Waals surface area (Å²) in [7, 11) is 0. The molecule has 5 aromatic rings. The number of benzene rings is 2. The van der Waals surface area contributed by atoms with E-state index in [1.807, 2.05) is 65.2 Å². The van der Waals surface area contributed by atoms with Gasteiger partial charge >= 0.3 is 0 Å². The molecule has 32 heavy (non-hydrogen) atoms. The first kappa shape index (κ1) is 19.7. The maximum Gasteiger partial charge on any atom is 0.205 e. The van der Waals surface area contributed by atoms with Crippen molar-refractivity contribution < 1.29 is 9.52 Å². The number of nitrogens with one attached hydrogen (secondary N) is 1. The normalized spacial score (nSPS) is 12.0. The number of aromatic amines is 1. The van der Waals surface area contributed by atoms with Crippen LogP contribution in [0.2, 0.25) is 0 Å². The Labute approximate surface area is 186 Å². The molecule has 0 amide bonds. The summed E-state index contributed by atoms with van der Waals surface area (Å²) in [4.78, 5) is 7.49. The predicted molar refractivity (Wildman–Crippen MR) is 121 cm³/mol. The number of nitrogens with zero attached hydrogens (tertiary/aromatic N) is 5. The number of imidazole rings is 1. The van der Waals surface area contributed by atoms with Crippen molar-refractivity contribution in [1.29, 1.82) is 5.26 Å². The molecule has 0 spiro atoms. The molecule has 156 valence electrons. The van der Waals surface area contributed by atoms with Crippen LogP contribution < -0.4 is 0 Å². The number of hydrogen-bond donors (Lipinski definition) is 2. The Bertz CT molecular complexity index is 1410. The standard InChI is InChI=1S/C23H16N6O2S/c24-13-16(21-25-17-9-4-5-10-18(17)26-21)19(30)14-32-23-28-27-22(20-11-6-12-31-20)29(23)15-7-2-1-3-8-15/h1-12,30H,14H2,(H,25,26)/b19-16-. The molecule has 0 radical (unpaired) electrons. The van der Waals surface area contributed by atoms with Crippen LogP contribution in [0, 0.1) is 11.3 Å². The number of aliphatic hydroxyl groups is 1. The van der Waals surface area contributed by atoms with E-state index in [4.69, 9.17) is 4.42 Å². The molecule has 0 bridgehead atoms. The summed E-state index contributed by atoms with van der Waals surface area (Å²) in [6.07, 6.45) is 1.58. The van der Waals surface area contributed by atoms with E-state index in [1.165, 1.54) is 11.8 Å². The molecule has 9 heteroatoms. The highest BCUT2D eigenvalue weighted by Crippen LogP contribution is 2.30. The van der Waals surface area contributed by atoms with Crippen molar-refractivity contribution in [1.82, 2.24) is 24.7 Å². The molecule has 0 saturated carbocycles. The highest BCUT2D eigenvalue weighted by Gasteiger charge is 2.20. The van der Waals surface area contributed by atoms with E-state index in [0.717, 1.165) is 16.7 Å². The molecular weight excluding hydrogens is 424 g/mol. The van der Waals surface area contributed by atoms with Gasteiger partial charge in [0.1, 0.15) is 17.4 Å². The van der Waals surface area contributed by atoms with Crippen molar-refractivity contribution in [2.75, 3.05) is 5.75 Å². The van der Waals surface area contributed by atoms with Gasteiger partial charge in [0.05, 0.1) is 23.0 Å². The van der Waals surface area contributed by atoms with Gasteiger partial charge in [0.15, 0.2) is 16.7 Å². The van der Waals surface area contributed by atoms with Crippen molar-refractivity contribution in [2.24, 2.45) is 0 Å². The summed E-state index contributed by atoms with van der Waals surface area (Å²) in [5.41, 5.74) is 2.46. The molecule has 0 saturated heterocycles. The van der Waals surface area contributed by atoms with Crippen LogP contribution in [0.15, 0.2) is 88.3 Å². The zero-order valence-electron chi connectivity index (χ0n) is 16.6. The van der Waals surface area contributed by atoms with Crippen molar-refractivity contribution >= 4 is 28.4 Å². The fourth-order valence-corrected chi connectivity index (χ4v) is 4.10. The third kappa shape index (κ3) is 3.64. The average Bonchev–Trinajstić information content (AvgIpc) is 3.57. The largest absolute Gasteiger partial charge is 0.510 e. The lowest BCUT2D eigenvalue weighted by Crippen LogP contribution is -2.01. The molecule has 2 aromatic carbocycles. The number of nitriles is 1. The third-order valence-corrected chi connectivity index (χ3v) is 5.69. The summed E-state index contributed by atoms with van der Waals surface area (Å²) in [6.45, 7) is 0. The second-order valence-corrected chi connectivity index (χ2v) is 7.72. The number of fused-ring (bicyclic) bond motifs is 1. The molecule has 0 aliphatic heterocycles. The van der Waals surface area contributed by atoms with Crippen LogP contribution in [0.4, 0.5) is 0 Å². The number of allylic oxidation sites excluding steroid dienone is 1. The second-order valence-electron chi connectivity index (χ2n) is 6.78. The van der Waals surface area contributed by atoms with Crippen LogP contribution in [-0.4, -0.2) is 35.6 Å². The van der Waals surface area contributed by atoms with Gasteiger partial charge in [-0.1, -0.05) is 42.1 Å². The van der Waals surface area contributed by atoms with Crippen LogP contribution in [0.5, 0.6) is 0 Å². The van der Waals surface area contributed by atoms with Crippen LogP contribution >= 0.6 is 11.8 Å². The molecule has 3 aromatic heterocycles. The SMILES string of the molecule is N#C/C(=C(/O)CSc1nnc(-c2ccco2)n1-c1ccccc1)c1nc2ccccc2[nH]1. The summed E-state index contributed by atoms with van der Waals surface area (Å²) in [5.74, 6) is 1.47. The van der Waals surface area contributed by atoms with Gasteiger partial charge in [-0.2, -0.15) is 5.26 Å². The third-order valence-electron chi connectivity index (χ3n) is 4.75. The van der Waals surface area contributed by atoms with E-state index < -0.39 is 0 Å². The lowest BCUT2D eigenvalue weighted by molar-refractivity contribution is 0.420. The zero-order chi connectivity index (χ0) is 21.9. The molecule has 5 rings (SSSR count). The topological polar surface area (TPSA) is 117 Å². The Balaban J connectivity index is 1.48. The van der Waals surface area contributed by atoms with E-state index in [0.29, 0.717) is 22.6 Å². The number of thioether (sulfide) groups is 1. The fourth-order valence-electron chi connectivity index (χ4n) is 3.27. The van der Waals surface area contributed by atoms with Crippen LogP contribution in [0.25, 0.3) is 33.9 Å². The summed E-state index contributed by atoms with van der Waals surface area (Å²) in [5, 5.41) is 29.5. The number of rotatable bonds is 6. The average molecular weight is 440 g/mol. The second kappa shape index (κ2) is 8.45. The Kier molecular flexibility index (Phi) is 5.19. The van der Waals surface area contributed by atoms with Crippen molar-refractivity contribution in [3.05, 3.63) is 84.6 Å². The molecule has 0 unspecified atom stereocenters. The minimum atomic E-state index is -0.0984. The number of aliphatic hydroxyl groups excluding tert-OH is 1. The monoisotopic (exact) mass is 440 g/mol. The lowest BCUT2D eigenvalue weighted by atomic mass is 10.2. The summed E-state index contributed by atoms with van der Waals surface area (Å²) >= 11 is 1.26. The molecule has 2 N–H and O–H groups in total. The molecular formula is C23H16N6O2S. The van der Waals surface area contributed by atoms with Crippen molar-refractivity contribution in [3.8, 4) is 23.3 Å². The summed E-state index contributed by atoms with van der Waals surface area (Å²) in [6, 6.07) is 22.7. The minimum absolute atomic E-state index is 0.0886. The van der Waals surface area contributed by atoms with Crippen LogP contribution in [-0.2, 0) is 0 Å². The van der Waals surface area contributed by atoms with Crippen molar-refractivity contribution in [2.45, 2.75) is 5.16 Å². The molecule has 0 atom stereocenters. The molecule has 0 aliphatic carbocycles. The van der Waals surface area contributed by atoms with Crippen LogP contribution in [0.1, 0.15) is 5.82 Å². The first-order chi connectivity index (χ1) is 15.7. The van der Waals surface area contributed by atoms with Gasteiger partial charge in [0.2, 0.25) is 5.82 Å². The Morgan fingerprint density at radius 2 is 1.88 bits per heavy atom. The Morgan fingerprint density at radius 1 is 1.06 bits per heavy atom. The van der Waals surface area contributed by atoms with Gasteiger partial charge in [0.25, 0.3) is 0 Å². The Hall–Kier alpha value is -4.29. The molecule has 0 aliphatic rings. The maximum absolute atomic E-state index is 10.7. The van der Waals surface area contributed by atoms with E-state index in [-0.39, 0.29) is 17.1 Å². The quantitative estimate of drug-likeness (QED) is 0.217. The zero-order valence-corrected chi connectivity index (χ0v) is 17.5. The smallest absolute Gasteiger partial charge is 0.205 e. The van der Waals surface area contributed by atoms with Gasteiger partial charge in [-0.05, 0) is 36.4 Å². The first-order valence-electron chi connectivity index (χ1n) is 9.69. The van der Waals surface area contributed by atoms with E-state index in [1.54, 1.807) is 12.3 Å². The van der Waals surface area contributed by atoms with E-state index >= 15 is 0 Å². The number of hydrogen-bond acceptors (Lipinski definition) is 7. The van der Waals surface area contributed by atoms with Crippen LogP contribution in [0.3, 0.4) is 0 Å². The highest BCUT2D eigenvalue weighted by atomic mass is 32.2. The van der Waals surface area contributed by atoms with Gasteiger partial charge in [0, 0.05) is 5.69 Å². The van der Waals surface area contributed by atoms with Crippen molar-refractivity contribution in [3.63, 3.8) is 0 Å². The first-order valence-corrected chi connectivity index (χ1v) is 10.7.